The molecule has 98 valence electrons. The van der Waals surface area contributed by atoms with Gasteiger partial charge in [-0.2, -0.15) is 0 Å². The number of phenols is 1. The number of halogens is 1. The summed E-state index contributed by atoms with van der Waals surface area (Å²) in [6.45, 7) is 7.32. The Hall–Kier alpha value is -2.14. The monoisotopic (exact) mass is 321 g/mol. The number of phenolic OH excluding ortho intramolecular Hbond substituents is 1. The summed E-state index contributed by atoms with van der Waals surface area (Å²) in [5.74, 6) is -0.0278. The third kappa shape index (κ3) is 4.22. The average molecular weight is 322 g/mol. The van der Waals surface area contributed by atoms with Gasteiger partial charge in [-0.05, 0) is 11.6 Å². The largest absolute Gasteiger partial charge is 0.507 e. The van der Waals surface area contributed by atoms with E-state index in [1.54, 1.807) is 24.3 Å². The summed E-state index contributed by atoms with van der Waals surface area (Å²) in [6, 6.07) is 3.84. The molecule has 19 heavy (non-hydrogen) atoms. The van der Waals surface area contributed by atoms with Crippen LogP contribution < -0.4 is 0 Å². The Morgan fingerprint density at radius 2 is 2.16 bits per heavy atom. The molecule has 0 unspecified atom stereocenters. The van der Waals surface area contributed by atoms with Crippen molar-refractivity contribution in [1.82, 2.24) is 0 Å². The van der Waals surface area contributed by atoms with Crippen LogP contribution in [0.15, 0.2) is 59.6 Å². The average Bonchev–Trinajstić information content (AvgIpc) is 2.35. The van der Waals surface area contributed by atoms with E-state index in [1.165, 1.54) is 18.2 Å². The van der Waals surface area contributed by atoms with Gasteiger partial charge >= 0.3 is 0 Å². The number of hydrogen-bond donors (Lipinski definition) is 1. The smallest absolute Gasteiger partial charge is 0.270 e. The summed E-state index contributed by atoms with van der Waals surface area (Å²) in [6.07, 6.45) is 6.57. The van der Waals surface area contributed by atoms with Gasteiger partial charge in [0.05, 0.1) is 4.92 Å². The van der Waals surface area contributed by atoms with Crippen LogP contribution in [0.25, 0.3) is 6.08 Å². The molecule has 0 fully saturated rings. The van der Waals surface area contributed by atoms with Gasteiger partial charge < -0.3 is 5.11 Å². The minimum Gasteiger partial charge on any atom is -0.507 e. The minimum atomic E-state index is -0.513. The van der Waals surface area contributed by atoms with E-state index in [-0.39, 0.29) is 11.4 Å². The van der Waals surface area contributed by atoms with Gasteiger partial charge in [-0.1, -0.05) is 53.4 Å². The second-order valence-corrected chi connectivity index (χ2v) is 4.55. The molecule has 1 aromatic rings. The highest BCUT2D eigenvalue weighted by molar-refractivity contribution is 9.11. The molecule has 0 heterocycles. The SMILES string of the molecule is C=C/C=C(/C=C/c1cc([N+](=O)[O-])ccc1O)C(=C)Br. The van der Waals surface area contributed by atoms with Gasteiger partial charge in [-0.3, -0.25) is 10.1 Å². The first-order valence-corrected chi connectivity index (χ1v) is 6.08. The van der Waals surface area contributed by atoms with Gasteiger partial charge in [-0.25, -0.2) is 0 Å². The van der Waals surface area contributed by atoms with Crippen molar-refractivity contribution in [3.05, 3.63) is 75.3 Å². The molecular formula is C14H12BrNO3. The Bertz CT molecular complexity index is 588. The zero-order chi connectivity index (χ0) is 14.4. The van der Waals surface area contributed by atoms with Crippen molar-refractivity contribution >= 4 is 27.7 Å². The molecule has 0 aliphatic carbocycles. The number of allylic oxidation sites excluding steroid dienone is 5. The lowest BCUT2D eigenvalue weighted by Crippen LogP contribution is -1.88. The standard InChI is InChI=1S/C14H12BrNO3/c1-3-4-11(10(2)15)5-6-12-9-13(16(18)19)7-8-14(12)17/h3-9,17H,1-2H2/b6-5+,11-4-. The fourth-order valence-electron chi connectivity index (χ4n) is 1.33. The number of nitro groups is 1. The maximum atomic E-state index is 10.7. The molecule has 1 N–H and O–H groups in total. The number of benzene rings is 1. The van der Waals surface area contributed by atoms with Crippen LogP contribution in [0.5, 0.6) is 5.75 Å². The van der Waals surface area contributed by atoms with E-state index in [4.69, 9.17) is 0 Å². The Morgan fingerprint density at radius 3 is 2.68 bits per heavy atom. The summed E-state index contributed by atoms with van der Waals surface area (Å²) in [4.78, 5) is 10.2. The van der Waals surface area contributed by atoms with Crippen molar-refractivity contribution in [2.75, 3.05) is 0 Å². The lowest BCUT2D eigenvalue weighted by Gasteiger charge is -2.00. The fraction of sp³-hybridized carbons (Fsp3) is 0. The number of nitro benzene ring substituents is 1. The maximum absolute atomic E-state index is 10.7. The molecule has 5 heteroatoms. The topological polar surface area (TPSA) is 63.4 Å². The molecule has 0 saturated heterocycles. The third-order valence-corrected chi connectivity index (χ3v) is 2.73. The molecule has 0 bridgehead atoms. The molecule has 1 rings (SSSR count). The van der Waals surface area contributed by atoms with Gasteiger partial charge in [0.25, 0.3) is 5.69 Å². The molecule has 1 aromatic carbocycles. The van der Waals surface area contributed by atoms with Crippen molar-refractivity contribution < 1.29 is 10.0 Å². The lowest BCUT2D eigenvalue weighted by atomic mass is 10.1. The molecule has 0 aromatic heterocycles. The highest BCUT2D eigenvalue weighted by Crippen LogP contribution is 2.25. The van der Waals surface area contributed by atoms with Crippen LogP contribution in [0.1, 0.15) is 5.56 Å². The molecule has 0 saturated carbocycles. The Labute approximate surface area is 119 Å². The quantitative estimate of drug-likeness (QED) is 0.498. The second kappa shape index (κ2) is 6.70. The minimum absolute atomic E-state index is 0.0278. The van der Waals surface area contributed by atoms with Crippen LogP contribution in [0.3, 0.4) is 0 Å². The summed E-state index contributed by atoms with van der Waals surface area (Å²) in [5, 5.41) is 20.3. The summed E-state index contributed by atoms with van der Waals surface area (Å²) in [5.41, 5.74) is 1.03. The fourth-order valence-corrected chi connectivity index (χ4v) is 1.60. The first-order chi connectivity index (χ1) is 8.95. The van der Waals surface area contributed by atoms with Crippen molar-refractivity contribution in [2.24, 2.45) is 0 Å². The van der Waals surface area contributed by atoms with Crippen molar-refractivity contribution in [3.63, 3.8) is 0 Å². The van der Waals surface area contributed by atoms with Crippen LogP contribution in [-0.4, -0.2) is 10.0 Å². The van der Waals surface area contributed by atoms with E-state index in [9.17, 15) is 15.2 Å². The summed E-state index contributed by atoms with van der Waals surface area (Å²) in [7, 11) is 0. The Kier molecular flexibility index (Phi) is 5.26. The molecule has 0 aliphatic heterocycles. The highest BCUT2D eigenvalue weighted by Gasteiger charge is 2.08. The summed E-state index contributed by atoms with van der Waals surface area (Å²) < 4.78 is 0.647. The van der Waals surface area contributed by atoms with Gasteiger partial charge in [0.1, 0.15) is 5.75 Å². The van der Waals surface area contributed by atoms with Crippen molar-refractivity contribution in [3.8, 4) is 5.75 Å². The normalized spacial score (nSPS) is 11.5. The number of rotatable bonds is 5. The molecule has 4 nitrogen and oxygen atoms in total. The molecular weight excluding hydrogens is 310 g/mol. The van der Waals surface area contributed by atoms with E-state index >= 15 is 0 Å². The van der Waals surface area contributed by atoms with Crippen LogP contribution >= 0.6 is 15.9 Å². The highest BCUT2D eigenvalue weighted by atomic mass is 79.9. The van der Waals surface area contributed by atoms with E-state index in [1.807, 2.05) is 0 Å². The Balaban J connectivity index is 3.14. The van der Waals surface area contributed by atoms with E-state index < -0.39 is 4.92 Å². The van der Waals surface area contributed by atoms with Crippen molar-refractivity contribution in [2.45, 2.75) is 0 Å². The predicted octanol–water partition coefficient (Wildman–Crippen LogP) is 4.33. The second-order valence-electron chi connectivity index (χ2n) is 3.60. The van der Waals surface area contributed by atoms with Crippen molar-refractivity contribution in [1.29, 1.82) is 0 Å². The number of nitrogens with zero attached hydrogens (tertiary/aromatic N) is 1. The zero-order valence-corrected chi connectivity index (χ0v) is 11.6. The van der Waals surface area contributed by atoms with Crippen LogP contribution in [0, 0.1) is 10.1 Å². The van der Waals surface area contributed by atoms with Gasteiger partial charge in [0.15, 0.2) is 0 Å². The molecule has 0 spiro atoms. The first-order valence-electron chi connectivity index (χ1n) is 5.28. The third-order valence-electron chi connectivity index (χ3n) is 2.28. The van der Waals surface area contributed by atoms with Crippen LogP contribution in [0.4, 0.5) is 5.69 Å². The number of hydrogen-bond acceptors (Lipinski definition) is 3. The lowest BCUT2D eigenvalue weighted by molar-refractivity contribution is -0.384. The van der Waals surface area contributed by atoms with Gasteiger partial charge in [0, 0.05) is 22.2 Å². The molecule has 0 amide bonds. The predicted molar refractivity (Wildman–Crippen MR) is 80.1 cm³/mol. The number of aromatic hydroxyl groups is 1. The van der Waals surface area contributed by atoms with E-state index in [0.717, 1.165) is 5.57 Å². The molecule has 0 radical (unpaired) electrons. The van der Waals surface area contributed by atoms with E-state index in [0.29, 0.717) is 10.0 Å². The maximum Gasteiger partial charge on any atom is 0.270 e. The van der Waals surface area contributed by atoms with Gasteiger partial charge in [-0.15, -0.1) is 0 Å². The number of non-ortho nitro benzene ring substituents is 1. The summed E-state index contributed by atoms with van der Waals surface area (Å²) >= 11 is 3.24. The zero-order valence-electron chi connectivity index (χ0n) is 10.0. The van der Waals surface area contributed by atoms with Crippen LogP contribution in [-0.2, 0) is 0 Å². The Morgan fingerprint density at radius 1 is 1.47 bits per heavy atom. The molecule has 0 atom stereocenters. The van der Waals surface area contributed by atoms with E-state index in [2.05, 4.69) is 29.1 Å². The van der Waals surface area contributed by atoms with Crippen LogP contribution in [0.2, 0.25) is 0 Å². The first kappa shape index (κ1) is 14.9. The van der Waals surface area contributed by atoms with Gasteiger partial charge in [0.2, 0.25) is 0 Å². The molecule has 0 aliphatic rings.